The molecule has 1 aromatic carbocycles. The lowest BCUT2D eigenvalue weighted by Gasteiger charge is -2.06. The molecule has 3 aromatic rings. The van der Waals surface area contributed by atoms with E-state index < -0.39 is 22.0 Å². The van der Waals surface area contributed by atoms with Gasteiger partial charge in [-0.3, -0.25) is 4.98 Å². The molecule has 0 amide bonds. The van der Waals surface area contributed by atoms with Crippen molar-refractivity contribution in [2.75, 3.05) is 0 Å². The molecule has 0 atom stereocenters. The first-order valence-electron chi connectivity index (χ1n) is 6.74. The molecule has 0 unspecified atom stereocenters. The summed E-state index contributed by atoms with van der Waals surface area (Å²) < 4.78 is 62.5. The fraction of sp³-hybridized carbons (Fsp3) is 0.0714. The highest BCUT2D eigenvalue weighted by atomic mass is 32.2. The molecule has 2 heterocycles. The van der Waals surface area contributed by atoms with Crippen LogP contribution < -0.4 is 5.14 Å². The molecule has 0 aliphatic heterocycles. The maximum Gasteiger partial charge on any atom is 0.453 e. The number of hydrogen-bond donors (Lipinski definition) is 1. The van der Waals surface area contributed by atoms with Crippen molar-refractivity contribution in [1.82, 2.24) is 19.7 Å². The summed E-state index contributed by atoms with van der Waals surface area (Å²) in [6.45, 7) is 0. The summed E-state index contributed by atoms with van der Waals surface area (Å²) in [6, 6.07) is 8.00. The van der Waals surface area contributed by atoms with E-state index in [-0.39, 0.29) is 16.4 Å². The number of pyridine rings is 1. The number of nitrogens with two attached hydrogens (primary N) is 1. The molecule has 2 aromatic heterocycles. The topological polar surface area (TPSA) is 104 Å². The van der Waals surface area contributed by atoms with Crippen LogP contribution in [0.15, 0.2) is 53.7 Å². The number of nitrogens with zero attached hydrogens (tertiary/aromatic N) is 4. The van der Waals surface area contributed by atoms with Crippen LogP contribution in [0.4, 0.5) is 13.2 Å². The fourth-order valence-corrected chi connectivity index (χ4v) is 2.59. The molecule has 25 heavy (non-hydrogen) atoms. The van der Waals surface area contributed by atoms with Gasteiger partial charge in [0, 0.05) is 18.0 Å². The minimum Gasteiger partial charge on any atom is -0.264 e. The van der Waals surface area contributed by atoms with Crippen molar-refractivity contribution in [2.45, 2.75) is 11.1 Å². The normalized spacial score (nSPS) is 12.3. The van der Waals surface area contributed by atoms with Gasteiger partial charge in [0.1, 0.15) is 0 Å². The van der Waals surface area contributed by atoms with Gasteiger partial charge < -0.3 is 0 Å². The van der Waals surface area contributed by atoms with Crippen molar-refractivity contribution in [1.29, 1.82) is 0 Å². The van der Waals surface area contributed by atoms with Crippen LogP contribution in [-0.2, 0) is 16.2 Å². The summed E-state index contributed by atoms with van der Waals surface area (Å²) >= 11 is 0. The molecule has 0 aliphatic rings. The summed E-state index contributed by atoms with van der Waals surface area (Å²) in [6.07, 6.45) is -1.92. The lowest BCUT2D eigenvalue weighted by atomic mass is 10.2. The lowest BCUT2D eigenvalue weighted by molar-refractivity contribution is -0.144. The standard InChI is InChI=1S/C14H10F3N5O2S/c15-14(16,17)13-20-12(9-2-1-7-19-8-9)22(21-13)10-3-5-11(6-4-10)25(18,23)24/h1-8H,(H2,18,23,24). The molecule has 0 radical (unpaired) electrons. The smallest absolute Gasteiger partial charge is 0.264 e. The molecular formula is C14H10F3N5O2S. The predicted molar refractivity (Wildman–Crippen MR) is 81.0 cm³/mol. The van der Waals surface area contributed by atoms with E-state index in [4.69, 9.17) is 5.14 Å². The molecule has 11 heteroatoms. The Morgan fingerprint density at radius 1 is 1.08 bits per heavy atom. The Hall–Kier alpha value is -2.79. The fourth-order valence-electron chi connectivity index (χ4n) is 2.07. The van der Waals surface area contributed by atoms with Gasteiger partial charge in [0.25, 0.3) is 5.82 Å². The monoisotopic (exact) mass is 369 g/mol. The van der Waals surface area contributed by atoms with Crippen molar-refractivity contribution >= 4 is 10.0 Å². The molecular weight excluding hydrogens is 359 g/mol. The highest BCUT2D eigenvalue weighted by Crippen LogP contribution is 2.30. The van der Waals surface area contributed by atoms with Gasteiger partial charge in [-0.25, -0.2) is 23.2 Å². The second kappa shape index (κ2) is 5.93. The Balaban J connectivity index is 2.16. The van der Waals surface area contributed by atoms with Crippen LogP contribution >= 0.6 is 0 Å². The minimum atomic E-state index is -4.73. The first-order valence-corrected chi connectivity index (χ1v) is 8.29. The second-order valence-corrected chi connectivity index (χ2v) is 6.51. The minimum absolute atomic E-state index is 0.0798. The number of hydrogen-bond acceptors (Lipinski definition) is 5. The van der Waals surface area contributed by atoms with Crippen molar-refractivity contribution in [2.24, 2.45) is 5.14 Å². The van der Waals surface area contributed by atoms with E-state index in [0.717, 1.165) is 4.68 Å². The van der Waals surface area contributed by atoms with Gasteiger partial charge in [0.05, 0.1) is 10.6 Å². The molecule has 0 saturated heterocycles. The molecule has 7 nitrogen and oxygen atoms in total. The van der Waals surface area contributed by atoms with Crippen molar-refractivity contribution < 1.29 is 21.6 Å². The summed E-state index contributed by atoms with van der Waals surface area (Å²) in [5, 5.41) is 8.50. The number of aromatic nitrogens is 4. The first-order chi connectivity index (χ1) is 11.7. The Bertz CT molecular complexity index is 999. The van der Waals surface area contributed by atoms with Crippen molar-refractivity contribution in [3.63, 3.8) is 0 Å². The van der Waals surface area contributed by atoms with Crippen LogP contribution in [0.25, 0.3) is 17.1 Å². The van der Waals surface area contributed by atoms with Crippen LogP contribution in [0.1, 0.15) is 5.82 Å². The van der Waals surface area contributed by atoms with Gasteiger partial charge in [0.15, 0.2) is 5.82 Å². The van der Waals surface area contributed by atoms with Crippen LogP contribution in [0.3, 0.4) is 0 Å². The maximum absolute atomic E-state index is 13.0. The third-order valence-corrected chi connectivity index (χ3v) is 4.12. The van der Waals surface area contributed by atoms with Gasteiger partial charge in [0.2, 0.25) is 10.0 Å². The van der Waals surface area contributed by atoms with Gasteiger partial charge in [-0.2, -0.15) is 13.2 Å². The van der Waals surface area contributed by atoms with E-state index in [1.165, 1.54) is 42.7 Å². The molecule has 0 bridgehead atoms. The Labute approximate surface area is 140 Å². The zero-order chi connectivity index (χ0) is 18.2. The molecule has 3 rings (SSSR count). The van der Waals surface area contributed by atoms with Crippen molar-refractivity contribution in [3.05, 3.63) is 54.6 Å². The SMILES string of the molecule is NS(=O)(=O)c1ccc(-n2nc(C(F)(F)F)nc2-c2cccnc2)cc1. The Morgan fingerprint density at radius 2 is 1.76 bits per heavy atom. The van der Waals surface area contributed by atoms with E-state index in [0.29, 0.717) is 5.56 Å². The maximum atomic E-state index is 13.0. The molecule has 0 aliphatic carbocycles. The number of sulfonamides is 1. The summed E-state index contributed by atoms with van der Waals surface area (Å²) in [5.74, 6) is -1.40. The van der Waals surface area contributed by atoms with Crippen LogP contribution in [0, 0.1) is 0 Å². The molecule has 0 spiro atoms. The first kappa shape index (κ1) is 17.0. The average molecular weight is 369 g/mol. The van der Waals surface area contributed by atoms with E-state index >= 15 is 0 Å². The van der Waals surface area contributed by atoms with Crippen LogP contribution in [0.2, 0.25) is 0 Å². The third kappa shape index (κ3) is 3.51. The highest BCUT2D eigenvalue weighted by molar-refractivity contribution is 7.89. The van der Waals surface area contributed by atoms with E-state index in [9.17, 15) is 21.6 Å². The number of primary sulfonamides is 1. The van der Waals surface area contributed by atoms with E-state index in [2.05, 4.69) is 15.1 Å². The van der Waals surface area contributed by atoms with Gasteiger partial charge in [-0.1, -0.05) is 0 Å². The predicted octanol–water partition coefficient (Wildman–Crippen LogP) is 2.00. The summed E-state index contributed by atoms with van der Waals surface area (Å²) in [5.41, 5.74) is 0.510. The summed E-state index contributed by atoms with van der Waals surface area (Å²) in [4.78, 5) is 7.23. The highest BCUT2D eigenvalue weighted by Gasteiger charge is 2.37. The molecule has 0 fully saturated rings. The Kier molecular flexibility index (Phi) is 4.05. The van der Waals surface area contributed by atoms with Crippen LogP contribution in [0.5, 0.6) is 0 Å². The lowest BCUT2D eigenvalue weighted by Crippen LogP contribution is -2.12. The third-order valence-electron chi connectivity index (χ3n) is 3.19. The van der Waals surface area contributed by atoms with Crippen LogP contribution in [-0.4, -0.2) is 28.2 Å². The quantitative estimate of drug-likeness (QED) is 0.760. The second-order valence-electron chi connectivity index (χ2n) is 4.95. The Morgan fingerprint density at radius 3 is 2.28 bits per heavy atom. The average Bonchev–Trinajstić information content (AvgIpc) is 3.00. The van der Waals surface area contributed by atoms with Crippen molar-refractivity contribution in [3.8, 4) is 17.1 Å². The van der Waals surface area contributed by atoms with E-state index in [1.807, 2.05) is 0 Å². The van der Waals surface area contributed by atoms with Gasteiger partial charge in [-0.05, 0) is 36.4 Å². The van der Waals surface area contributed by atoms with E-state index in [1.54, 1.807) is 6.07 Å². The number of rotatable bonds is 3. The zero-order valence-corrected chi connectivity index (χ0v) is 13.2. The summed E-state index contributed by atoms with van der Waals surface area (Å²) in [7, 11) is -3.92. The molecule has 130 valence electrons. The number of alkyl halides is 3. The molecule has 2 N–H and O–H groups in total. The molecule has 0 saturated carbocycles. The van der Waals surface area contributed by atoms with Gasteiger partial charge in [-0.15, -0.1) is 5.10 Å². The number of halogens is 3. The zero-order valence-electron chi connectivity index (χ0n) is 12.3. The van der Waals surface area contributed by atoms with Gasteiger partial charge >= 0.3 is 6.18 Å². The largest absolute Gasteiger partial charge is 0.453 e. The number of benzene rings is 1.